The number of aromatic amines is 1. The molecule has 1 unspecified atom stereocenters. The summed E-state index contributed by atoms with van der Waals surface area (Å²) in [7, 11) is 0. The third-order valence-corrected chi connectivity index (χ3v) is 2.52. The zero-order valence-corrected chi connectivity index (χ0v) is 7.49. The summed E-state index contributed by atoms with van der Waals surface area (Å²) in [4.78, 5) is 27.7. The number of carbonyl (C=O) groups is 1. The Labute approximate surface area is 79.8 Å². The summed E-state index contributed by atoms with van der Waals surface area (Å²) in [5.74, 6) is -0.890. The van der Waals surface area contributed by atoms with Crippen molar-refractivity contribution in [1.29, 1.82) is 0 Å². The van der Waals surface area contributed by atoms with Gasteiger partial charge < -0.3 is 10.1 Å². The third-order valence-electron chi connectivity index (χ3n) is 2.52. The predicted octanol–water partition coefficient (Wildman–Crippen LogP) is 0.274. The number of hydrogen-bond donors (Lipinski definition) is 2. The molecule has 0 aliphatic heterocycles. The molecule has 1 aromatic heterocycles. The molecule has 0 saturated heterocycles. The van der Waals surface area contributed by atoms with Gasteiger partial charge in [0.2, 0.25) is 0 Å². The molecule has 0 aromatic carbocycles. The summed E-state index contributed by atoms with van der Waals surface area (Å²) in [5.41, 5.74) is 1.32. The molecule has 2 rings (SSSR count). The molecule has 5 nitrogen and oxygen atoms in total. The molecule has 0 saturated carbocycles. The molecule has 14 heavy (non-hydrogen) atoms. The molecule has 1 aliphatic carbocycles. The van der Waals surface area contributed by atoms with Crippen molar-refractivity contribution in [1.82, 2.24) is 9.97 Å². The van der Waals surface area contributed by atoms with Crippen LogP contribution in [-0.4, -0.2) is 21.0 Å². The second-order valence-corrected chi connectivity index (χ2v) is 3.46. The number of carboxylic acids is 1. The maximum atomic E-state index is 10.9. The molecule has 1 aliphatic rings. The smallest absolute Gasteiger partial charge is 0.345 e. The van der Waals surface area contributed by atoms with Gasteiger partial charge in [0.05, 0.1) is 6.42 Å². The molecule has 0 fully saturated rings. The first kappa shape index (κ1) is 8.93. The van der Waals surface area contributed by atoms with Crippen LogP contribution in [0.2, 0.25) is 0 Å². The van der Waals surface area contributed by atoms with Crippen LogP contribution in [0.25, 0.3) is 0 Å². The number of nitrogens with zero attached hydrogens (tertiary/aromatic N) is 1. The molecule has 0 spiro atoms. The molecule has 74 valence electrons. The molecule has 1 heterocycles. The SMILES string of the molecule is O=C(O)CC1CCc2cnc(=O)[nH]c21. The van der Waals surface area contributed by atoms with Crippen molar-refractivity contribution in [3.05, 3.63) is 27.9 Å². The van der Waals surface area contributed by atoms with E-state index in [0.29, 0.717) is 0 Å². The fraction of sp³-hybridized carbons (Fsp3) is 0.444. The molecule has 0 bridgehead atoms. The van der Waals surface area contributed by atoms with Crippen molar-refractivity contribution in [2.24, 2.45) is 0 Å². The molecule has 1 aromatic rings. The van der Waals surface area contributed by atoms with E-state index in [1.165, 1.54) is 6.20 Å². The van der Waals surface area contributed by atoms with Crippen molar-refractivity contribution in [2.45, 2.75) is 25.2 Å². The molecule has 1 atom stereocenters. The summed E-state index contributed by atoms with van der Waals surface area (Å²) in [6, 6.07) is 0. The number of H-pyrrole nitrogens is 1. The van der Waals surface area contributed by atoms with Gasteiger partial charge in [0.1, 0.15) is 0 Å². The molecule has 0 radical (unpaired) electrons. The Morgan fingerprint density at radius 2 is 2.50 bits per heavy atom. The van der Waals surface area contributed by atoms with E-state index < -0.39 is 11.7 Å². The van der Waals surface area contributed by atoms with Crippen LogP contribution in [0, 0.1) is 0 Å². The van der Waals surface area contributed by atoms with Crippen LogP contribution >= 0.6 is 0 Å². The molecular weight excluding hydrogens is 184 g/mol. The average Bonchev–Trinajstić information content (AvgIpc) is 2.47. The monoisotopic (exact) mass is 194 g/mol. The van der Waals surface area contributed by atoms with Crippen molar-refractivity contribution in [2.75, 3.05) is 0 Å². The van der Waals surface area contributed by atoms with Crippen LogP contribution < -0.4 is 5.69 Å². The van der Waals surface area contributed by atoms with E-state index in [0.717, 1.165) is 24.1 Å². The van der Waals surface area contributed by atoms with Crippen LogP contribution in [0.3, 0.4) is 0 Å². The van der Waals surface area contributed by atoms with Crippen molar-refractivity contribution < 1.29 is 9.90 Å². The minimum atomic E-state index is -0.833. The van der Waals surface area contributed by atoms with Crippen molar-refractivity contribution >= 4 is 5.97 Å². The number of rotatable bonds is 2. The van der Waals surface area contributed by atoms with E-state index in [4.69, 9.17) is 5.11 Å². The number of hydrogen-bond acceptors (Lipinski definition) is 3. The van der Waals surface area contributed by atoms with E-state index in [-0.39, 0.29) is 12.3 Å². The van der Waals surface area contributed by atoms with Gasteiger partial charge in [-0.25, -0.2) is 9.78 Å². The number of fused-ring (bicyclic) bond motifs is 1. The van der Waals surface area contributed by atoms with Gasteiger partial charge in [-0.2, -0.15) is 0 Å². The highest BCUT2D eigenvalue weighted by Gasteiger charge is 2.25. The highest BCUT2D eigenvalue weighted by Crippen LogP contribution is 2.32. The van der Waals surface area contributed by atoms with Gasteiger partial charge in [-0.15, -0.1) is 0 Å². The van der Waals surface area contributed by atoms with E-state index in [1.54, 1.807) is 0 Å². The van der Waals surface area contributed by atoms with Crippen LogP contribution in [0.5, 0.6) is 0 Å². The van der Waals surface area contributed by atoms with Crippen molar-refractivity contribution in [3.8, 4) is 0 Å². The van der Waals surface area contributed by atoms with E-state index in [2.05, 4.69) is 9.97 Å². The Morgan fingerprint density at radius 1 is 1.71 bits per heavy atom. The number of aryl methyl sites for hydroxylation is 1. The van der Waals surface area contributed by atoms with Gasteiger partial charge in [-0.3, -0.25) is 4.79 Å². The Balaban J connectivity index is 2.33. The Morgan fingerprint density at radius 3 is 3.21 bits per heavy atom. The summed E-state index contributed by atoms with van der Waals surface area (Å²) in [5, 5.41) is 8.66. The first-order valence-corrected chi connectivity index (χ1v) is 4.46. The molecule has 2 N–H and O–H groups in total. The molecule has 5 heteroatoms. The maximum Gasteiger partial charge on any atom is 0.345 e. The summed E-state index contributed by atoms with van der Waals surface area (Å²) in [6.45, 7) is 0. The standard InChI is InChI=1S/C9H10N2O3/c12-7(13)3-5-1-2-6-4-10-9(14)11-8(5)6/h4-5H,1-3H2,(H,12,13)(H,10,11,14). The van der Waals surface area contributed by atoms with Crippen molar-refractivity contribution in [3.63, 3.8) is 0 Å². The lowest BCUT2D eigenvalue weighted by Gasteiger charge is -2.06. The van der Waals surface area contributed by atoms with Gasteiger partial charge in [0.25, 0.3) is 0 Å². The highest BCUT2D eigenvalue weighted by atomic mass is 16.4. The Kier molecular flexibility index (Phi) is 2.07. The largest absolute Gasteiger partial charge is 0.481 e. The zero-order chi connectivity index (χ0) is 10.1. The van der Waals surface area contributed by atoms with E-state index in [9.17, 15) is 9.59 Å². The number of nitrogens with one attached hydrogen (secondary N) is 1. The van der Waals surface area contributed by atoms with Crippen LogP contribution in [0.15, 0.2) is 11.0 Å². The number of aromatic nitrogens is 2. The molecule has 0 amide bonds. The zero-order valence-electron chi connectivity index (χ0n) is 7.49. The Bertz CT molecular complexity index is 424. The quantitative estimate of drug-likeness (QED) is 0.708. The first-order chi connectivity index (χ1) is 6.66. The van der Waals surface area contributed by atoms with E-state index in [1.807, 2.05) is 0 Å². The predicted molar refractivity (Wildman–Crippen MR) is 48.2 cm³/mol. The number of aliphatic carboxylic acids is 1. The maximum absolute atomic E-state index is 10.9. The fourth-order valence-electron chi connectivity index (χ4n) is 1.89. The normalized spacial score (nSPS) is 19.3. The average molecular weight is 194 g/mol. The van der Waals surface area contributed by atoms with Gasteiger partial charge in [-0.1, -0.05) is 0 Å². The lowest BCUT2D eigenvalue weighted by Crippen LogP contribution is -2.14. The topological polar surface area (TPSA) is 83.0 Å². The lowest BCUT2D eigenvalue weighted by atomic mass is 10.0. The minimum absolute atomic E-state index is 0.0572. The fourth-order valence-corrected chi connectivity index (χ4v) is 1.89. The minimum Gasteiger partial charge on any atom is -0.481 e. The summed E-state index contributed by atoms with van der Waals surface area (Å²) in [6.07, 6.45) is 3.20. The first-order valence-electron chi connectivity index (χ1n) is 4.46. The van der Waals surface area contributed by atoms with Crippen LogP contribution in [0.1, 0.15) is 30.0 Å². The second kappa shape index (κ2) is 3.25. The highest BCUT2D eigenvalue weighted by molar-refractivity contribution is 5.68. The van der Waals surface area contributed by atoms with Gasteiger partial charge in [0, 0.05) is 17.8 Å². The number of carboxylic acid groups (broad SMARTS) is 1. The van der Waals surface area contributed by atoms with Gasteiger partial charge >= 0.3 is 11.7 Å². The third kappa shape index (κ3) is 1.53. The van der Waals surface area contributed by atoms with Gasteiger partial charge in [-0.05, 0) is 18.4 Å². The van der Waals surface area contributed by atoms with Gasteiger partial charge in [0.15, 0.2) is 0 Å². The lowest BCUT2D eigenvalue weighted by molar-refractivity contribution is -0.137. The van der Waals surface area contributed by atoms with Crippen LogP contribution in [-0.2, 0) is 11.2 Å². The van der Waals surface area contributed by atoms with Crippen LogP contribution in [0.4, 0.5) is 0 Å². The summed E-state index contributed by atoms with van der Waals surface area (Å²) < 4.78 is 0. The van der Waals surface area contributed by atoms with E-state index >= 15 is 0 Å². The molecular formula is C9H10N2O3. The Hall–Kier alpha value is -1.65. The second-order valence-electron chi connectivity index (χ2n) is 3.46. The summed E-state index contributed by atoms with van der Waals surface area (Å²) >= 11 is 0.